The molecule has 2 rings (SSSR count). The molecule has 1 amide bonds. The maximum absolute atomic E-state index is 13.2. The molecule has 1 aromatic heterocycles. The van der Waals surface area contributed by atoms with Crippen molar-refractivity contribution in [1.82, 2.24) is 9.97 Å². The molecule has 0 saturated heterocycles. The van der Waals surface area contributed by atoms with Crippen molar-refractivity contribution >= 4 is 17.4 Å². The molecular formula is C14H12FN3O2. The molecule has 1 heterocycles. The Kier molecular flexibility index (Phi) is 3.84. The fraction of sp³-hybridized carbons (Fsp3) is 0.143. The lowest BCUT2D eigenvalue weighted by molar-refractivity contribution is 0.101. The number of amides is 1. The summed E-state index contributed by atoms with van der Waals surface area (Å²) >= 11 is 0. The van der Waals surface area contributed by atoms with Gasteiger partial charge in [-0.2, -0.15) is 0 Å². The molecule has 1 N–H and O–H groups in total. The number of benzene rings is 1. The molecule has 20 heavy (non-hydrogen) atoms. The Morgan fingerprint density at radius 3 is 2.55 bits per heavy atom. The van der Waals surface area contributed by atoms with Gasteiger partial charge in [0.15, 0.2) is 5.78 Å². The van der Waals surface area contributed by atoms with Crippen molar-refractivity contribution in [2.45, 2.75) is 13.8 Å². The van der Waals surface area contributed by atoms with E-state index >= 15 is 0 Å². The van der Waals surface area contributed by atoms with Crippen molar-refractivity contribution in [2.24, 2.45) is 0 Å². The molecule has 0 radical (unpaired) electrons. The Morgan fingerprint density at radius 1 is 1.20 bits per heavy atom. The van der Waals surface area contributed by atoms with E-state index in [1.165, 1.54) is 25.4 Å². The van der Waals surface area contributed by atoms with E-state index in [-0.39, 0.29) is 22.7 Å². The monoisotopic (exact) mass is 273 g/mol. The third kappa shape index (κ3) is 3.03. The highest BCUT2D eigenvalue weighted by Crippen LogP contribution is 2.18. The molecule has 5 nitrogen and oxygen atoms in total. The highest BCUT2D eigenvalue weighted by Gasteiger charge is 2.13. The van der Waals surface area contributed by atoms with Gasteiger partial charge in [0.25, 0.3) is 5.91 Å². The molecule has 0 spiro atoms. The van der Waals surface area contributed by atoms with E-state index in [0.717, 1.165) is 12.1 Å². The van der Waals surface area contributed by atoms with Crippen LogP contribution in [0.2, 0.25) is 0 Å². The van der Waals surface area contributed by atoms with Crippen LogP contribution >= 0.6 is 0 Å². The summed E-state index contributed by atoms with van der Waals surface area (Å²) in [4.78, 5) is 31.3. The van der Waals surface area contributed by atoms with Gasteiger partial charge in [0.05, 0.1) is 17.6 Å². The van der Waals surface area contributed by atoms with E-state index in [0.29, 0.717) is 5.69 Å². The second kappa shape index (κ2) is 5.56. The van der Waals surface area contributed by atoms with Crippen molar-refractivity contribution in [1.29, 1.82) is 0 Å². The second-order valence-electron chi connectivity index (χ2n) is 4.24. The first-order valence-electron chi connectivity index (χ1n) is 5.88. The van der Waals surface area contributed by atoms with Crippen molar-refractivity contribution in [3.8, 4) is 0 Å². The standard InChI is InChI=1S/C14H12FN3O2/c1-8-6-17-13(7-16-8)14(20)18-12-5-10(15)3-4-11(12)9(2)19/h3-7H,1-2H3,(H,18,20). The number of nitrogens with one attached hydrogen (secondary N) is 1. The van der Waals surface area contributed by atoms with Gasteiger partial charge in [-0.25, -0.2) is 9.37 Å². The van der Waals surface area contributed by atoms with Crippen LogP contribution in [0, 0.1) is 12.7 Å². The van der Waals surface area contributed by atoms with Gasteiger partial charge in [0.1, 0.15) is 11.5 Å². The first-order valence-corrected chi connectivity index (χ1v) is 5.88. The molecule has 0 atom stereocenters. The van der Waals surface area contributed by atoms with Gasteiger partial charge in [-0.05, 0) is 32.0 Å². The highest BCUT2D eigenvalue weighted by molar-refractivity contribution is 6.08. The molecule has 0 unspecified atom stereocenters. The lowest BCUT2D eigenvalue weighted by Crippen LogP contribution is -2.16. The normalized spacial score (nSPS) is 10.2. The van der Waals surface area contributed by atoms with Crippen LogP contribution in [0.15, 0.2) is 30.6 Å². The minimum absolute atomic E-state index is 0.0920. The van der Waals surface area contributed by atoms with Crippen molar-refractivity contribution in [3.63, 3.8) is 0 Å². The Labute approximate surface area is 114 Å². The number of carbonyl (C=O) groups excluding carboxylic acids is 2. The van der Waals surface area contributed by atoms with Crippen LogP contribution in [0.4, 0.5) is 10.1 Å². The Morgan fingerprint density at radius 2 is 1.95 bits per heavy atom. The van der Waals surface area contributed by atoms with Gasteiger partial charge in [-0.1, -0.05) is 0 Å². The largest absolute Gasteiger partial charge is 0.320 e. The summed E-state index contributed by atoms with van der Waals surface area (Å²) in [6.45, 7) is 3.09. The van der Waals surface area contributed by atoms with E-state index in [1.54, 1.807) is 6.92 Å². The first-order chi connectivity index (χ1) is 9.47. The maximum Gasteiger partial charge on any atom is 0.275 e. The number of halogens is 1. The fourth-order valence-electron chi connectivity index (χ4n) is 1.62. The number of nitrogens with zero attached hydrogens (tertiary/aromatic N) is 2. The summed E-state index contributed by atoms with van der Waals surface area (Å²) in [6.07, 6.45) is 2.77. The van der Waals surface area contributed by atoms with Crippen LogP contribution in [-0.4, -0.2) is 21.7 Å². The zero-order valence-electron chi connectivity index (χ0n) is 11.0. The Bertz CT molecular complexity index is 669. The number of rotatable bonds is 3. The third-order valence-electron chi connectivity index (χ3n) is 2.62. The lowest BCUT2D eigenvalue weighted by Gasteiger charge is -2.08. The fourth-order valence-corrected chi connectivity index (χ4v) is 1.62. The van der Waals surface area contributed by atoms with Gasteiger partial charge < -0.3 is 5.32 Å². The lowest BCUT2D eigenvalue weighted by atomic mass is 10.1. The molecular weight excluding hydrogens is 261 g/mol. The van der Waals surface area contributed by atoms with Gasteiger partial charge in [0.2, 0.25) is 0 Å². The molecule has 6 heteroatoms. The molecule has 0 saturated carbocycles. The van der Waals surface area contributed by atoms with Crippen LogP contribution in [0.5, 0.6) is 0 Å². The summed E-state index contributed by atoms with van der Waals surface area (Å²) < 4.78 is 13.2. The van der Waals surface area contributed by atoms with Crippen LogP contribution in [-0.2, 0) is 0 Å². The summed E-state index contributed by atoms with van der Waals surface area (Å²) in [7, 11) is 0. The minimum atomic E-state index is -0.550. The van der Waals surface area contributed by atoms with Gasteiger partial charge in [-0.15, -0.1) is 0 Å². The molecule has 0 aliphatic heterocycles. The van der Waals surface area contributed by atoms with E-state index in [2.05, 4.69) is 15.3 Å². The van der Waals surface area contributed by atoms with E-state index in [9.17, 15) is 14.0 Å². The number of aromatic nitrogens is 2. The topological polar surface area (TPSA) is 72.0 Å². The molecule has 2 aromatic rings. The number of aryl methyl sites for hydroxylation is 1. The Hall–Kier alpha value is -2.63. The second-order valence-corrected chi connectivity index (χ2v) is 4.24. The number of carbonyl (C=O) groups is 2. The number of ketones is 1. The van der Waals surface area contributed by atoms with Crippen molar-refractivity contribution in [2.75, 3.05) is 5.32 Å². The van der Waals surface area contributed by atoms with Gasteiger partial charge in [-0.3, -0.25) is 14.6 Å². The van der Waals surface area contributed by atoms with Gasteiger partial charge >= 0.3 is 0 Å². The average Bonchev–Trinajstić information content (AvgIpc) is 2.39. The van der Waals surface area contributed by atoms with Crippen LogP contribution in [0.3, 0.4) is 0 Å². The van der Waals surface area contributed by atoms with Crippen molar-refractivity contribution < 1.29 is 14.0 Å². The quantitative estimate of drug-likeness (QED) is 0.871. The summed E-state index contributed by atoms with van der Waals surface area (Å²) in [6, 6.07) is 3.59. The summed E-state index contributed by atoms with van der Waals surface area (Å²) in [5.74, 6) is -1.36. The maximum atomic E-state index is 13.2. The van der Waals surface area contributed by atoms with Crippen molar-refractivity contribution in [3.05, 3.63) is 53.4 Å². The SMILES string of the molecule is CC(=O)c1ccc(F)cc1NC(=O)c1cnc(C)cn1. The molecule has 0 aliphatic rings. The average molecular weight is 273 g/mol. The zero-order chi connectivity index (χ0) is 14.7. The number of hydrogen-bond donors (Lipinski definition) is 1. The molecule has 102 valence electrons. The van der Waals surface area contributed by atoms with E-state index in [4.69, 9.17) is 0 Å². The number of hydrogen-bond acceptors (Lipinski definition) is 4. The zero-order valence-corrected chi connectivity index (χ0v) is 11.0. The molecule has 0 bridgehead atoms. The summed E-state index contributed by atoms with van der Waals surface area (Å²) in [5, 5.41) is 2.47. The molecule has 0 aliphatic carbocycles. The number of anilines is 1. The molecule has 1 aromatic carbocycles. The summed E-state index contributed by atoms with van der Waals surface area (Å²) in [5.41, 5.74) is 1.12. The predicted octanol–water partition coefficient (Wildman–Crippen LogP) is 2.38. The Balaban J connectivity index is 2.29. The van der Waals surface area contributed by atoms with E-state index in [1.807, 2.05) is 0 Å². The van der Waals surface area contributed by atoms with Gasteiger partial charge in [0, 0.05) is 11.8 Å². The third-order valence-corrected chi connectivity index (χ3v) is 2.62. The smallest absolute Gasteiger partial charge is 0.275 e. The highest BCUT2D eigenvalue weighted by atomic mass is 19.1. The number of Topliss-reactive ketones (excluding diaryl/α,β-unsaturated/α-hetero) is 1. The van der Waals surface area contributed by atoms with Crippen LogP contribution in [0.1, 0.15) is 33.5 Å². The van der Waals surface area contributed by atoms with E-state index < -0.39 is 11.7 Å². The molecule has 0 fully saturated rings. The van der Waals surface area contributed by atoms with Crippen LogP contribution < -0.4 is 5.32 Å². The first kappa shape index (κ1) is 13.8. The predicted molar refractivity (Wildman–Crippen MR) is 71.1 cm³/mol. The minimum Gasteiger partial charge on any atom is -0.320 e. The van der Waals surface area contributed by atoms with Crippen LogP contribution in [0.25, 0.3) is 0 Å².